The molecule has 3 nitrogen and oxygen atoms in total. The van der Waals surface area contributed by atoms with E-state index >= 15 is 0 Å². The SMILES string of the molecule is NC(O[B]O)C(Sc1cccs1)c1ccccc1. The topological polar surface area (TPSA) is 55.5 Å². The number of nitrogens with two attached hydrogens (primary N) is 1. The Balaban J connectivity index is 2.17. The molecule has 2 unspecified atom stereocenters. The van der Waals surface area contributed by atoms with Gasteiger partial charge < -0.3 is 15.4 Å². The Kier molecular flexibility index (Phi) is 5.28. The van der Waals surface area contributed by atoms with Crippen LogP contribution in [0.5, 0.6) is 0 Å². The van der Waals surface area contributed by atoms with Gasteiger partial charge in [0.1, 0.15) is 6.23 Å². The lowest BCUT2D eigenvalue weighted by atomic mass is 10.1. The molecule has 0 aliphatic rings. The van der Waals surface area contributed by atoms with Crippen molar-refractivity contribution >= 4 is 30.8 Å². The van der Waals surface area contributed by atoms with Crippen LogP contribution in [0.2, 0.25) is 0 Å². The molecule has 0 bridgehead atoms. The van der Waals surface area contributed by atoms with E-state index in [4.69, 9.17) is 15.4 Å². The van der Waals surface area contributed by atoms with E-state index in [1.54, 1.807) is 23.1 Å². The molecule has 18 heavy (non-hydrogen) atoms. The van der Waals surface area contributed by atoms with Crippen molar-refractivity contribution in [3.63, 3.8) is 0 Å². The van der Waals surface area contributed by atoms with Gasteiger partial charge in [-0.3, -0.25) is 0 Å². The van der Waals surface area contributed by atoms with Gasteiger partial charge in [0.05, 0.1) is 9.46 Å². The van der Waals surface area contributed by atoms with Gasteiger partial charge in [0.25, 0.3) is 0 Å². The Hall–Kier alpha value is -0.785. The predicted octanol–water partition coefficient (Wildman–Crippen LogP) is 2.41. The Morgan fingerprint density at radius 2 is 2.00 bits per heavy atom. The molecule has 1 aromatic heterocycles. The normalized spacial score (nSPS) is 14.1. The van der Waals surface area contributed by atoms with Gasteiger partial charge in [0.15, 0.2) is 0 Å². The van der Waals surface area contributed by atoms with Crippen LogP contribution in [0.1, 0.15) is 10.8 Å². The molecule has 0 fully saturated rings. The van der Waals surface area contributed by atoms with Crippen molar-refractivity contribution in [1.29, 1.82) is 0 Å². The zero-order valence-corrected chi connectivity index (χ0v) is 11.2. The van der Waals surface area contributed by atoms with Crippen LogP contribution in [0, 0.1) is 0 Å². The van der Waals surface area contributed by atoms with Gasteiger partial charge in [-0.2, -0.15) is 0 Å². The Bertz CT molecular complexity index is 452. The first-order valence-corrected chi connectivity index (χ1v) is 7.19. The third-order valence-corrected chi connectivity index (χ3v) is 4.78. The number of thioether (sulfide) groups is 1. The molecule has 2 atom stereocenters. The fraction of sp³-hybridized carbons (Fsp3) is 0.167. The van der Waals surface area contributed by atoms with E-state index in [9.17, 15) is 0 Å². The molecule has 0 saturated carbocycles. The van der Waals surface area contributed by atoms with Gasteiger partial charge in [-0.25, -0.2) is 0 Å². The van der Waals surface area contributed by atoms with Gasteiger partial charge in [-0.1, -0.05) is 36.4 Å². The zero-order valence-electron chi connectivity index (χ0n) is 9.60. The summed E-state index contributed by atoms with van der Waals surface area (Å²) in [5, 5.41) is 10.7. The molecule has 1 radical (unpaired) electrons. The number of rotatable bonds is 6. The summed E-state index contributed by atoms with van der Waals surface area (Å²) in [7, 11) is 0.648. The van der Waals surface area contributed by atoms with Crippen LogP contribution in [-0.2, 0) is 4.65 Å². The van der Waals surface area contributed by atoms with Crippen LogP contribution in [-0.4, -0.2) is 18.9 Å². The maximum atomic E-state index is 8.72. The molecule has 1 heterocycles. The van der Waals surface area contributed by atoms with Crippen molar-refractivity contribution in [2.45, 2.75) is 15.7 Å². The van der Waals surface area contributed by atoms with E-state index in [1.807, 2.05) is 47.8 Å². The fourth-order valence-electron chi connectivity index (χ4n) is 1.56. The first-order chi connectivity index (χ1) is 8.81. The molecule has 0 amide bonds. The molecule has 0 aliphatic carbocycles. The summed E-state index contributed by atoms with van der Waals surface area (Å²) in [5.74, 6) is 0. The molecule has 2 aromatic rings. The van der Waals surface area contributed by atoms with E-state index in [1.165, 1.54) is 4.21 Å². The second-order valence-corrected chi connectivity index (χ2v) is 5.98. The number of hydrogen-bond acceptors (Lipinski definition) is 5. The van der Waals surface area contributed by atoms with E-state index in [0.717, 1.165) is 5.56 Å². The smallest absolute Gasteiger partial charge is 0.429 e. The van der Waals surface area contributed by atoms with Crippen LogP contribution >= 0.6 is 23.1 Å². The minimum atomic E-state index is -0.593. The quantitative estimate of drug-likeness (QED) is 0.484. The third kappa shape index (κ3) is 3.60. The lowest BCUT2D eigenvalue weighted by Crippen LogP contribution is -2.31. The van der Waals surface area contributed by atoms with Gasteiger partial charge in [-0.15, -0.1) is 23.1 Å². The Morgan fingerprint density at radius 3 is 2.61 bits per heavy atom. The lowest BCUT2D eigenvalue weighted by molar-refractivity contribution is 0.187. The lowest BCUT2D eigenvalue weighted by Gasteiger charge is -2.22. The van der Waals surface area contributed by atoms with Crippen molar-refractivity contribution in [3.05, 3.63) is 53.4 Å². The number of hydrogen-bond donors (Lipinski definition) is 2. The van der Waals surface area contributed by atoms with E-state index < -0.39 is 6.23 Å². The summed E-state index contributed by atoms with van der Waals surface area (Å²) in [5.41, 5.74) is 7.02. The standard InChI is InChI=1S/C12H13BNO2S2/c14-12(16-13-15)11(9-5-2-1-3-6-9)18-10-7-4-8-17-10/h1-8,11-12,15H,14H2. The Morgan fingerprint density at radius 1 is 1.22 bits per heavy atom. The maximum Gasteiger partial charge on any atom is 0.486 e. The van der Waals surface area contributed by atoms with Crippen molar-refractivity contribution in [1.82, 2.24) is 0 Å². The van der Waals surface area contributed by atoms with Crippen molar-refractivity contribution in [2.75, 3.05) is 0 Å². The summed E-state index contributed by atoms with van der Waals surface area (Å²) >= 11 is 3.29. The number of thiophene rings is 1. The maximum absolute atomic E-state index is 8.72. The molecule has 0 aliphatic heterocycles. The zero-order chi connectivity index (χ0) is 12.8. The largest absolute Gasteiger partial charge is 0.486 e. The van der Waals surface area contributed by atoms with Crippen LogP contribution in [0.25, 0.3) is 0 Å². The fourth-order valence-corrected chi connectivity index (χ4v) is 3.61. The van der Waals surface area contributed by atoms with Crippen LogP contribution in [0.3, 0.4) is 0 Å². The van der Waals surface area contributed by atoms with E-state index in [0.29, 0.717) is 7.69 Å². The van der Waals surface area contributed by atoms with Gasteiger partial charge in [0, 0.05) is 0 Å². The monoisotopic (exact) mass is 278 g/mol. The molecule has 6 heteroatoms. The molecule has 0 spiro atoms. The van der Waals surface area contributed by atoms with Gasteiger partial charge >= 0.3 is 7.69 Å². The molecule has 3 N–H and O–H groups in total. The van der Waals surface area contributed by atoms with Crippen molar-refractivity contribution in [3.8, 4) is 0 Å². The minimum absolute atomic E-state index is 0.0618. The first-order valence-electron chi connectivity index (χ1n) is 5.43. The van der Waals surface area contributed by atoms with Crippen LogP contribution < -0.4 is 5.73 Å². The second-order valence-electron chi connectivity index (χ2n) is 3.59. The summed E-state index contributed by atoms with van der Waals surface area (Å²) in [6.45, 7) is 0. The summed E-state index contributed by atoms with van der Waals surface area (Å²) in [6.07, 6.45) is -0.593. The summed E-state index contributed by atoms with van der Waals surface area (Å²) in [4.78, 5) is 0. The summed E-state index contributed by atoms with van der Waals surface area (Å²) in [6, 6.07) is 13.9. The molecule has 2 rings (SSSR count). The van der Waals surface area contributed by atoms with E-state index in [-0.39, 0.29) is 5.25 Å². The van der Waals surface area contributed by atoms with Crippen molar-refractivity contribution in [2.24, 2.45) is 5.73 Å². The molecule has 0 saturated heterocycles. The highest BCUT2D eigenvalue weighted by molar-refractivity contribution is 8.01. The average Bonchev–Trinajstić information content (AvgIpc) is 2.90. The summed E-state index contributed by atoms with van der Waals surface area (Å²) < 4.78 is 6.17. The predicted molar refractivity (Wildman–Crippen MR) is 76.4 cm³/mol. The third-order valence-electron chi connectivity index (χ3n) is 2.38. The molecule has 1 aromatic carbocycles. The highest BCUT2D eigenvalue weighted by Crippen LogP contribution is 2.39. The average molecular weight is 278 g/mol. The Labute approximate surface area is 115 Å². The van der Waals surface area contributed by atoms with E-state index in [2.05, 4.69) is 0 Å². The van der Waals surface area contributed by atoms with Gasteiger partial charge in [0.2, 0.25) is 0 Å². The van der Waals surface area contributed by atoms with Crippen LogP contribution in [0.15, 0.2) is 52.1 Å². The van der Waals surface area contributed by atoms with Crippen molar-refractivity contribution < 1.29 is 9.68 Å². The highest BCUT2D eigenvalue weighted by Gasteiger charge is 2.22. The molecular formula is C12H13BNO2S2. The molecule has 93 valence electrons. The first kappa shape index (κ1) is 13.6. The highest BCUT2D eigenvalue weighted by atomic mass is 32.2. The van der Waals surface area contributed by atoms with Crippen LogP contribution in [0.4, 0.5) is 0 Å². The minimum Gasteiger partial charge on any atom is -0.429 e. The number of benzene rings is 1. The second kappa shape index (κ2) is 6.96. The molecular weight excluding hydrogens is 265 g/mol. The van der Waals surface area contributed by atoms with Gasteiger partial charge in [-0.05, 0) is 17.0 Å².